The first-order valence-corrected chi connectivity index (χ1v) is 23.8. The third kappa shape index (κ3) is 40.0. The fourth-order valence-electron chi connectivity index (χ4n) is 5.76. The zero-order valence-electron chi connectivity index (χ0n) is 36.1. The molecule has 12 heteroatoms. The highest BCUT2D eigenvalue weighted by Gasteiger charge is 2.28. The summed E-state index contributed by atoms with van der Waals surface area (Å²) in [6.07, 6.45) is 47.0. The Bertz CT molecular complexity index is 1210. The van der Waals surface area contributed by atoms with Crippen LogP contribution >= 0.6 is 7.82 Å². The second-order valence-electron chi connectivity index (χ2n) is 14.8. The van der Waals surface area contributed by atoms with Gasteiger partial charge in [-0.25, -0.2) is 4.57 Å². The van der Waals surface area contributed by atoms with Crippen LogP contribution in [-0.2, 0) is 37.5 Å². The third-order valence-corrected chi connectivity index (χ3v) is 10.2. The lowest BCUT2D eigenvalue weighted by molar-refractivity contribution is -0.161. The van der Waals surface area contributed by atoms with Crippen LogP contribution in [0.1, 0.15) is 181 Å². The molecule has 58 heavy (non-hydrogen) atoms. The van der Waals surface area contributed by atoms with Crippen LogP contribution in [0.2, 0.25) is 0 Å². The minimum absolute atomic E-state index is 0.146. The molecule has 0 aliphatic carbocycles. The molecule has 3 unspecified atom stereocenters. The number of aliphatic carboxylic acids is 1. The number of rotatable bonds is 41. The lowest BCUT2D eigenvalue weighted by Gasteiger charge is -2.20. The molecule has 0 aliphatic heterocycles. The molecule has 0 spiro atoms. The van der Waals surface area contributed by atoms with E-state index in [9.17, 15) is 23.8 Å². The van der Waals surface area contributed by atoms with Crippen molar-refractivity contribution in [2.45, 2.75) is 193 Å². The zero-order valence-corrected chi connectivity index (χ0v) is 37.0. The van der Waals surface area contributed by atoms with Gasteiger partial charge in [0.2, 0.25) is 0 Å². The van der Waals surface area contributed by atoms with Crippen molar-refractivity contribution in [3.05, 3.63) is 60.8 Å². The van der Waals surface area contributed by atoms with E-state index in [4.69, 9.17) is 24.8 Å². The number of carboxylic acids is 1. The van der Waals surface area contributed by atoms with E-state index in [0.717, 1.165) is 96.3 Å². The Morgan fingerprint density at radius 3 is 1.45 bits per heavy atom. The Balaban J connectivity index is 4.38. The number of esters is 2. The number of carbonyl (C=O) groups is 3. The van der Waals surface area contributed by atoms with Crippen molar-refractivity contribution in [2.75, 3.05) is 19.8 Å². The highest BCUT2D eigenvalue weighted by Crippen LogP contribution is 2.43. The summed E-state index contributed by atoms with van der Waals surface area (Å²) >= 11 is 0. The SMILES string of the molecule is CC/C=C\C/C=C\C/C=C\CCCCCCCCCC(=O)OC(COC(=O)CCCCCCCCC/C=C\C/C=C\CCCCC)COP(=O)(O)OCC(N)C(=O)O. The van der Waals surface area contributed by atoms with Gasteiger partial charge in [-0.2, -0.15) is 0 Å². The molecule has 334 valence electrons. The van der Waals surface area contributed by atoms with Gasteiger partial charge >= 0.3 is 25.7 Å². The second-order valence-corrected chi connectivity index (χ2v) is 16.2. The quantitative estimate of drug-likeness (QED) is 0.0231. The Hall–Kier alpha value is -2.82. The highest BCUT2D eigenvalue weighted by atomic mass is 31.2. The van der Waals surface area contributed by atoms with Gasteiger partial charge < -0.3 is 25.2 Å². The van der Waals surface area contributed by atoms with Crippen molar-refractivity contribution in [3.8, 4) is 0 Å². The summed E-state index contributed by atoms with van der Waals surface area (Å²) in [5.74, 6) is -2.40. The summed E-state index contributed by atoms with van der Waals surface area (Å²) in [6, 6.07) is -1.53. The number of phosphoric ester groups is 1. The van der Waals surface area contributed by atoms with Crippen molar-refractivity contribution in [3.63, 3.8) is 0 Å². The minimum Gasteiger partial charge on any atom is -0.480 e. The molecule has 11 nitrogen and oxygen atoms in total. The molecule has 0 aromatic rings. The van der Waals surface area contributed by atoms with Crippen molar-refractivity contribution in [1.82, 2.24) is 0 Å². The Morgan fingerprint density at radius 1 is 0.552 bits per heavy atom. The average Bonchev–Trinajstić information content (AvgIpc) is 3.20. The molecule has 0 bridgehead atoms. The van der Waals surface area contributed by atoms with Crippen molar-refractivity contribution in [2.24, 2.45) is 5.73 Å². The number of hydrogen-bond donors (Lipinski definition) is 3. The number of allylic oxidation sites excluding steroid dienone is 10. The van der Waals surface area contributed by atoms with Crippen LogP contribution in [0.25, 0.3) is 0 Å². The fraction of sp³-hybridized carbons (Fsp3) is 0.717. The van der Waals surface area contributed by atoms with Gasteiger partial charge in [-0.15, -0.1) is 0 Å². The van der Waals surface area contributed by atoms with E-state index < -0.39 is 51.1 Å². The molecule has 0 saturated carbocycles. The molecule has 0 radical (unpaired) electrons. The number of ether oxygens (including phenoxy) is 2. The zero-order chi connectivity index (χ0) is 42.8. The van der Waals surface area contributed by atoms with Crippen LogP contribution in [0, 0.1) is 0 Å². The molecule has 0 aromatic heterocycles. The molecular formula is C46H80NO10P. The van der Waals surface area contributed by atoms with Gasteiger partial charge in [-0.3, -0.25) is 23.4 Å². The summed E-state index contributed by atoms with van der Waals surface area (Å²) in [6.45, 7) is 2.65. The van der Waals surface area contributed by atoms with Crippen LogP contribution in [0.15, 0.2) is 60.8 Å². The van der Waals surface area contributed by atoms with Crippen LogP contribution in [-0.4, -0.2) is 59.9 Å². The smallest absolute Gasteiger partial charge is 0.472 e. The largest absolute Gasteiger partial charge is 0.480 e. The molecule has 4 N–H and O–H groups in total. The van der Waals surface area contributed by atoms with Gasteiger partial charge in [-0.05, 0) is 77.0 Å². The van der Waals surface area contributed by atoms with E-state index >= 15 is 0 Å². The molecule has 0 saturated heterocycles. The highest BCUT2D eigenvalue weighted by molar-refractivity contribution is 7.47. The van der Waals surface area contributed by atoms with E-state index in [0.29, 0.717) is 12.8 Å². The van der Waals surface area contributed by atoms with E-state index in [-0.39, 0.29) is 19.4 Å². The molecule has 3 atom stereocenters. The van der Waals surface area contributed by atoms with Gasteiger partial charge in [-0.1, -0.05) is 152 Å². The summed E-state index contributed by atoms with van der Waals surface area (Å²) in [5.41, 5.74) is 5.33. The maximum atomic E-state index is 12.6. The van der Waals surface area contributed by atoms with Crippen LogP contribution in [0.3, 0.4) is 0 Å². The van der Waals surface area contributed by atoms with Gasteiger partial charge in [0.05, 0.1) is 13.2 Å². The van der Waals surface area contributed by atoms with Gasteiger partial charge in [0.1, 0.15) is 12.6 Å². The first-order chi connectivity index (χ1) is 28.1. The van der Waals surface area contributed by atoms with Crippen molar-refractivity contribution in [1.29, 1.82) is 0 Å². The van der Waals surface area contributed by atoms with Crippen LogP contribution < -0.4 is 5.73 Å². The van der Waals surface area contributed by atoms with Crippen molar-refractivity contribution < 1.29 is 47.5 Å². The standard InChI is InChI=1S/C46H80NO10P/c1-3-5-7-9-11-13-15-17-19-21-23-25-27-29-31-33-35-37-44(48)54-39-42(40-55-58(52,53)56-41-43(47)46(50)51)57-45(49)38-36-34-32-30-28-26-24-22-20-18-16-14-12-10-8-6-4-2/h6,8,11-14,17-20,42-43H,3-5,7,9-10,15-16,21-41,47H2,1-2H3,(H,50,51)(H,52,53)/b8-6-,13-11-,14-12-,19-17-,20-18-. The molecule has 0 amide bonds. The summed E-state index contributed by atoms with van der Waals surface area (Å²) in [4.78, 5) is 46.0. The van der Waals surface area contributed by atoms with E-state index in [1.807, 2.05) is 0 Å². The van der Waals surface area contributed by atoms with Crippen LogP contribution in [0.5, 0.6) is 0 Å². The van der Waals surface area contributed by atoms with E-state index in [1.54, 1.807) is 0 Å². The van der Waals surface area contributed by atoms with Gasteiger partial charge in [0, 0.05) is 12.8 Å². The normalized spacial score (nSPS) is 14.3. The predicted octanol–water partition coefficient (Wildman–Crippen LogP) is 12.0. The van der Waals surface area contributed by atoms with Gasteiger partial charge in [0.25, 0.3) is 0 Å². The molecule has 0 heterocycles. The molecule has 0 fully saturated rings. The lowest BCUT2D eigenvalue weighted by atomic mass is 10.1. The van der Waals surface area contributed by atoms with Gasteiger partial charge in [0.15, 0.2) is 6.10 Å². The maximum absolute atomic E-state index is 12.6. The predicted molar refractivity (Wildman–Crippen MR) is 235 cm³/mol. The Kier molecular flexibility index (Phi) is 38.9. The number of hydrogen-bond acceptors (Lipinski definition) is 9. The summed E-state index contributed by atoms with van der Waals surface area (Å²) in [5, 5.41) is 8.89. The number of phosphoric acid groups is 1. The number of carbonyl (C=O) groups excluding carboxylic acids is 2. The molecule has 0 aliphatic rings. The molecule has 0 aromatic carbocycles. The lowest BCUT2D eigenvalue weighted by Crippen LogP contribution is -2.34. The monoisotopic (exact) mass is 838 g/mol. The maximum Gasteiger partial charge on any atom is 0.472 e. The first kappa shape index (κ1) is 55.2. The Labute approximate surface area is 351 Å². The van der Waals surface area contributed by atoms with E-state index in [2.05, 4.69) is 79.1 Å². The first-order valence-electron chi connectivity index (χ1n) is 22.3. The number of unbranched alkanes of at least 4 members (excludes halogenated alkanes) is 17. The second kappa shape index (κ2) is 40.9. The van der Waals surface area contributed by atoms with Crippen LogP contribution in [0.4, 0.5) is 0 Å². The fourth-order valence-corrected chi connectivity index (χ4v) is 6.53. The Morgan fingerprint density at radius 2 is 0.966 bits per heavy atom. The summed E-state index contributed by atoms with van der Waals surface area (Å²) in [7, 11) is -4.72. The molecular weight excluding hydrogens is 757 g/mol. The van der Waals surface area contributed by atoms with E-state index in [1.165, 1.54) is 44.9 Å². The van der Waals surface area contributed by atoms with Crippen molar-refractivity contribution >= 4 is 25.7 Å². The number of nitrogens with two attached hydrogens (primary N) is 1. The number of carboxylic acid groups (broad SMARTS) is 1. The molecule has 0 rings (SSSR count). The average molecular weight is 838 g/mol. The summed E-state index contributed by atoms with van der Waals surface area (Å²) < 4.78 is 32.7. The minimum atomic E-state index is -4.72. The topological polar surface area (TPSA) is 172 Å². The third-order valence-electron chi connectivity index (χ3n) is 9.25.